The average Bonchev–Trinajstić information content (AvgIpc) is 2.59. The molecule has 0 fully saturated rings. The number of hydrogen-bond acceptors (Lipinski definition) is 6. The van der Waals surface area contributed by atoms with Crippen LogP contribution < -0.4 is 0 Å². The maximum absolute atomic E-state index is 11.0. The molecule has 0 spiro atoms. The van der Waals surface area contributed by atoms with Crippen LogP contribution in [0.2, 0.25) is 5.02 Å². The van der Waals surface area contributed by atoms with E-state index in [-0.39, 0.29) is 16.8 Å². The van der Waals surface area contributed by atoms with Crippen LogP contribution >= 0.6 is 11.6 Å². The van der Waals surface area contributed by atoms with E-state index in [2.05, 4.69) is 20.4 Å². The van der Waals surface area contributed by atoms with Gasteiger partial charge in [-0.05, 0) is 18.6 Å². The number of rotatable bonds is 4. The summed E-state index contributed by atoms with van der Waals surface area (Å²) in [5.74, 6) is 0.406. The first-order valence-corrected chi connectivity index (χ1v) is 7.49. The first-order valence-electron chi connectivity index (χ1n) is 7.11. The molecular weight excluding hydrogens is 330 g/mol. The van der Waals surface area contributed by atoms with Crippen LogP contribution in [0.4, 0.5) is 11.5 Å². The van der Waals surface area contributed by atoms with Gasteiger partial charge in [0, 0.05) is 16.8 Å². The highest BCUT2D eigenvalue weighted by molar-refractivity contribution is 6.32. The van der Waals surface area contributed by atoms with E-state index < -0.39 is 4.92 Å². The molecule has 1 heterocycles. The van der Waals surface area contributed by atoms with Gasteiger partial charge in [0.1, 0.15) is 5.02 Å². The number of azo groups is 1. The van der Waals surface area contributed by atoms with Gasteiger partial charge in [-0.1, -0.05) is 41.9 Å². The van der Waals surface area contributed by atoms with Crippen LogP contribution in [-0.4, -0.2) is 15.1 Å². The van der Waals surface area contributed by atoms with E-state index in [0.29, 0.717) is 11.4 Å². The van der Waals surface area contributed by atoms with Gasteiger partial charge in [-0.3, -0.25) is 10.1 Å². The molecule has 0 saturated carbocycles. The van der Waals surface area contributed by atoms with E-state index in [4.69, 9.17) is 11.6 Å². The molecule has 0 aliphatic rings. The van der Waals surface area contributed by atoms with Gasteiger partial charge >= 0.3 is 0 Å². The van der Waals surface area contributed by atoms with Crippen molar-refractivity contribution in [3.63, 3.8) is 0 Å². The second-order valence-corrected chi connectivity index (χ2v) is 5.52. The molecule has 0 saturated heterocycles. The minimum atomic E-state index is -0.522. The normalized spacial score (nSPS) is 12.6. The number of nitrogens with zero attached hydrogens (tertiary/aromatic N) is 5. The summed E-state index contributed by atoms with van der Waals surface area (Å²) in [4.78, 5) is 10.4. The Bertz CT molecular complexity index is 939. The van der Waals surface area contributed by atoms with Gasteiger partial charge in [-0.15, -0.1) is 10.2 Å². The van der Waals surface area contributed by atoms with E-state index >= 15 is 0 Å². The summed E-state index contributed by atoms with van der Waals surface area (Å²) in [6.07, 6.45) is 1.65. The first kappa shape index (κ1) is 15.9. The predicted molar refractivity (Wildman–Crippen MR) is 90.6 cm³/mol. The summed E-state index contributed by atoms with van der Waals surface area (Å²) in [5.41, 5.74) is 0.490. The fraction of sp³-hybridized carbons (Fsp3) is 0.125. The van der Waals surface area contributed by atoms with Crippen LogP contribution in [0.15, 0.2) is 58.9 Å². The second-order valence-electron chi connectivity index (χ2n) is 5.11. The van der Waals surface area contributed by atoms with E-state index in [1.54, 1.807) is 19.2 Å². The molecule has 8 heteroatoms. The van der Waals surface area contributed by atoms with Crippen molar-refractivity contribution < 1.29 is 4.92 Å². The Kier molecular flexibility index (Phi) is 4.43. The third-order valence-electron chi connectivity index (χ3n) is 3.53. The van der Waals surface area contributed by atoms with Crippen molar-refractivity contribution in [2.45, 2.75) is 13.0 Å². The lowest BCUT2D eigenvalue weighted by molar-refractivity contribution is -0.384. The maximum Gasteiger partial charge on any atom is 0.288 e. The molecule has 3 rings (SSSR count). The van der Waals surface area contributed by atoms with E-state index in [1.165, 1.54) is 12.1 Å². The minimum Gasteiger partial charge on any atom is -0.258 e. The molecule has 3 aromatic rings. The van der Waals surface area contributed by atoms with Crippen LogP contribution in [0.1, 0.15) is 18.5 Å². The number of halogens is 1. The predicted octanol–water partition coefficient (Wildman–Crippen LogP) is 5.04. The van der Waals surface area contributed by atoms with Gasteiger partial charge in [0.15, 0.2) is 0 Å². The summed E-state index contributed by atoms with van der Waals surface area (Å²) in [5, 5.41) is 29.1. The third-order valence-corrected chi connectivity index (χ3v) is 3.85. The van der Waals surface area contributed by atoms with Crippen molar-refractivity contribution in [3.8, 4) is 0 Å². The van der Waals surface area contributed by atoms with Gasteiger partial charge in [0.05, 0.1) is 17.2 Å². The quantitative estimate of drug-likeness (QED) is 0.377. The molecule has 1 unspecified atom stereocenters. The van der Waals surface area contributed by atoms with Crippen molar-refractivity contribution in [2.75, 3.05) is 0 Å². The number of nitro groups is 1. The zero-order valence-corrected chi connectivity index (χ0v) is 13.4. The number of nitro benzene ring substituents is 1. The van der Waals surface area contributed by atoms with E-state index in [9.17, 15) is 10.1 Å². The highest BCUT2D eigenvalue weighted by atomic mass is 35.5. The molecule has 0 aliphatic carbocycles. The number of benzene rings is 2. The molecule has 1 aromatic heterocycles. The molecule has 0 radical (unpaired) electrons. The lowest BCUT2D eigenvalue weighted by Gasteiger charge is -2.06. The average molecular weight is 342 g/mol. The largest absolute Gasteiger partial charge is 0.288 e. The number of hydrogen-bond donors (Lipinski definition) is 0. The van der Waals surface area contributed by atoms with Crippen LogP contribution in [0, 0.1) is 10.1 Å². The molecule has 0 aliphatic heterocycles. The van der Waals surface area contributed by atoms with Crippen molar-refractivity contribution in [2.24, 2.45) is 10.2 Å². The van der Waals surface area contributed by atoms with Crippen molar-refractivity contribution in [3.05, 3.63) is 69.4 Å². The molecule has 0 amide bonds. The lowest BCUT2D eigenvalue weighted by Crippen LogP contribution is -1.94. The number of fused-ring (bicyclic) bond motifs is 1. The summed E-state index contributed by atoms with van der Waals surface area (Å²) >= 11 is 5.82. The molecule has 120 valence electrons. The Balaban J connectivity index is 1.91. The van der Waals surface area contributed by atoms with Crippen molar-refractivity contribution in [1.82, 2.24) is 10.2 Å². The SMILES string of the molecule is CC(N=Nc1nncc2ccccc12)c1ccc(Cl)c([N+](=O)[O-])c1. The lowest BCUT2D eigenvalue weighted by atomic mass is 10.1. The highest BCUT2D eigenvalue weighted by Crippen LogP contribution is 2.30. The molecule has 0 N–H and O–H groups in total. The third kappa shape index (κ3) is 3.21. The Morgan fingerprint density at radius 3 is 2.83 bits per heavy atom. The summed E-state index contributed by atoms with van der Waals surface area (Å²) in [6, 6.07) is 11.8. The van der Waals surface area contributed by atoms with Crippen LogP contribution in [0.5, 0.6) is 0 Å². The fourth-order valence-corrected chi connectivity index (χ4v) is 2.41. The van der Waals surface area contributed by atoms with Crippen LogP contribution in [0.25, 0.3) is 10.8 Å². The molecule has 2 aromatic carbocycles. The van der Waals surface area contributed by atoms with Gasteiger partial charge in [-0.25, -0.2) is 0 Å². The van der Waals surface area contributed by atoms with Crippen molar-refractivity contribution >= 4 is 33.9 Å². The molecule has 24 heavy (non-hydrogen) atoms. The van der Waals surface area contributed by atoms with Crippen LogP contribution in [-0.2, 0) is 0 Å². The highest BCUT2D eigenvalue weighted by Gasteiger charge is 2.15. The molecule has 7 nitrogen and oxygen atoms in total. The van der Waals surface area contributed by atoms with E-state index in [1.807, 2.05) is 24.3 Å². The fourth-order valence-electron chi connectivity index (χ4n) is 2.22. The van der Waals surface area contributed by atoms with Gasteiger partial charge in [0.25, 0.3) is 5.69 Å². The maximum atomic E-state index is 11.0. The minimum absolute atomic E-state index is 0.0906. The Morgan fingerprint density at radius 2 is 2.04 bits per heavy atom. The zero-order valence-electron chi connectivity index (χ0n) is 12.6. The Hall–Kier alpha value is -2.93. The molecule has 1 atom stereocenters. The summed E-state index contributed by atoms with van der Waals surface area (Å²) < 4.78 is 0. The second kappa shape index (κ2) is 6.67. The monoisotopic (exact) mass is 341 g/mol. The van der Waals surface area contributed by atoms with Gasteiger partial charge in [0.2, 0.25) is 5.82 Å². The first-order chi connectivity index (χ1) is 11.6. The van der Waals surface area contributed by atoms with Gasteiger partial charge < -0.3 is 0 Å². The Labute approximate surface area is 142 Å². The summed E-state index contributed by atoms with van der Waals surface area (Å²) in [6.45, 7) is 1.79. The van der Waals surface area contributed by atoms with Crippen molar-refractivity contribution in [1.29, 1.82) is 0 Å². The standard InChI is InChI=1S/C16H12ClN5O2/c1-10(11-6-7-14(17)15(8-11)22(23)24)19-21-16-13-5-3-2-4-12(13)9-18-20-16/h2-10H,1H3. The number of aromatic nitrogens is 2. The Morgan fingerprint density at radius 1 is 1.25 bits per heavy atom. The topological polar surface area (TPSA) is 93.6 Å². The molecular formula is C16H12ClN5O2. The van der Waals surface area contributed by atoms with Gasteiger partial charge in [-0.2, -0.15) is 10.2 Å². The zero-order chi connectivity index (χ0) is 17.1. The van der Waals surface area contributed by atoms with Crippen LogP contribution in [0.3, 0.4) is 0 Å². The smallest absolute Gasteiger partial charge is 0.258 e. The summed E-state index contributed by atoms with van der Waals surface area (Å²) in [7, 11) is 0. The molecule has 0 bridgehead atoms. The van der Waals surface area contributed by atoms with E-state index in [0.717, 1.165) is 10.8 Å².